The topological polar surface area (TPSA) is 89.3 Å². The molecule has 2 rings (SSSR count). The van der Waals surface area contributed by atoms with E-state index in [0.717, 1.165) is 23.0 Å². The first-order valence-corrected chi connectivity index (χ1v) is 8.03. The molecule has 0 aliphatic rings. The monoisotopic (exact) mass is 288 g/mol. The van der Waals surface area contributed by atoms with Gasteiger partial charge in [-0.1, -0.05) is 0 Å². The fourth-order valence-corrected chi connectivity index (χ4v) is 3.15. The van der Waals surface area contributed by atoms with Crippen molar-refractivity contribution in [1.82, 2.24) is 9.78 Å². The lowest BCUT2D eigenvalue weighted by molar-refractivity contribution is 0.0702. The van der Waals surface area contributed by atoms with Crippen molar-refractivity contribution in [3.63, 3.8) is 0 Å². The lowest BCUT2D eigenvalue weighted by Gasteiger charge is -2.00. The SMILES string of the molecule is Cc1nn(CCS(C)(=O)=O)c2sc(C(=O)O)cc12. The van der Waals surface area contributed by atoms with Crippen LogP contribution in [0, 0.1) is 6.92 Å². The Hall–Kier alpha value is -1.41. The molecular weight excluding hydrogens is 276 g/mol. The third-order valence-corrected chi connectivity index (χ3v) is 4.55. The van der Waals surface area contributed by atoms with E-state index < -0.39 is 15.8 Å². The quantitative estimate of drug-likeness (QED) is 0.911. The molecule has 0 unspecified atom stereocenters. The third-order valence-electron chi connectivity index (χ3n) is 2.49. The first-order chi connectivity index (χ1) is 8.28. The maximum Gasteiger partial charge on any atom is 0.345 e. The summed E-state index contributed by atoms with van der Waals surface area (Å²) >= 11 is 1.11. The number of carboxylic acids is 1. The van der Waals surface area contributed by atoms with Crippen LogP contribution in [0.25, 0.3) is 10.2 Å². The number of fused-ring (bicyclic) bond motifs is 1. The van der Waals surface area contributed by atoms with E-state index in [1.165, 1.54) is 0 Å². The molecule has 0 aromatic carbocycles. The van der Waals surface area contributed by atoms with Gasteiger partial charge in [-0.3, -0.25) is 4.68 Å². The van der Waals surface area contributed by atoms with E-state index in [4.69, 9.17) is 5.11 Å². The number of thiophene rings is 1. The Labute approximate surface area is 108 Å². The zero-order valence-electron chi connectivity index (χ0n) is 9.87. The van der Waals surface area contributed by atoms with Crippen LogP contribution < -0.4 is 0 Å². The molecule has 0 radical (unpaired) electrons. The second-order valence-electron chi connectivity index (χ2n) is 4.07. The molecule has 2 heterocycles. The van der Waals surface area contributed by atoms with Gasteiger partial charge in [-0.25, -0.2) is 13.2 Å². The summed E-state index contributed by atoms with van der Waals surface area (Å²) in [5, 5.41) is 13.9. The molecule has 2 aromatic heterocycles. The maximum absolute atomic E-state index is 11.1. The fraction of sp³-hybridized carbons (Fsp3) is 0.400. The van der Waals surface area contributed by atoms with Crippen LogP contribution >= 0.6 is 11.3 Å². The molecule has 0 spiro atoms. The second kappa shape index (κ2) is 4.36. The number of aromatic nitrogens is 2. The van der Waals surface area contributed by atoms with Crippen LogP contribution in [-0.2, 0) is 16.4 Å². The lowest BCUT2D eigenvalue weighted by atomic mass is 10.3. The minimum Gasteiger partial charge on any atom is -0.477 e. The number of sulfone groups is 1. The van der Waals surface area contributed by atoms with Crippen molar-refractivity contribution < 1.29 is 18.3 Å². The number of nitrogens with zero attached hydrogens (tertiary/aromatic N) is 2. The van der Waals surface area contributed by atoms with E-state index in [9.17, 15) is 13.2 Å². The normalized spacial score (nSPS) is 12.1. The predicted molar refractivity (Wildman–Crippen MR) is 69.0 cm³/mol. The Morgan fingerprint density at radius 3 is 2.78 bits per heavy atom. The van der Waals surface area contributed by atoms with Gasteiger partial charge >= 0.3 is 5.97 Å². The summed E-state index contributed by atoms with van der Waals surface area (Å²) in [6.45, 7) is 2.01. The molecule has 0 saturated heterocycles. The highest BCUT2D eigenvalue weighted by molar-refractivity contribution is 7.90. The van der Waals surface area contributed by atoms with Gasteiger partial charge in [-0.05, 0) is 13.0 Å². The average Bonchev–Trinajstić information content (AvgIpc) is 2.76. The first-order valence-electron chi connectivity index (χ1n) is 5.16. The number of aryl methyl sites for hydroxylation is 2. The number of rotatable bonds is 4. The summed E-state index contributed by atoms with van der Waals surface area (Å²) in [7, 11) is -3.06. The van der Waals surface area contributed by atoms with E-state index >= 15 is 0 Å². The number of hydrogen-bond acceptors (Lipinski definition) is 5. The van der Waals surface area contributed by atoms with Crippen LogP contribution in [0.2, 0.25) is 0 Å². The smallest absolute Gasteiger partial charge is 0.345 e. The Morgan fingerprint density at radius 2 is 2.22 bits per heavy atom. The van der Waals surface area contributed by atoms with Gasteiger partial charge in [0, 0.05) is 11.6 Å². The summed E-state index contributed by atoms with van der Waals surface area (Å²) in [5.41, 5.74) is 0.710. The van der Waals surface area contributed by atoms with Gasteiger partial charge in [-0.15, -0.1) is 11.3 Å². The Morgan fingerprint density at radius 1 is 1.56 bits per heavy atom. The summed E-state index contributed by atoms with van der Waals surface area (Å²) in [6.07, 6.45) is 1.16. The summed E-state index contributed by atoms with van der Waals surface area (Å²) < 4.78 is 23.8. The molecule has 0 aliphatic heterocycles. The van der Waals surface area contributed by atoms with Crippen LogP contribution in [0.1, 0.15) is 15.4 Å². The van der Waals surface area contributed by atoms with Crippen molar-refractivity contribution in [2.24, 2.45) is 0 Å². The third kappa shape index (κ3) is 2.54. The van der Waals surface area contributed by atoms with E-state index in [2.05, 4.69) is 5.10 Å². The van der Waals surface area contributed by atoms with Crippen LogP contribution in [0.5, 0.6) is 0 Å². The van der Waals surface area contributed by atoms with Crippen molar-refractivity contribution in [3.05, 3.63) is 16.6 Å². The minimum absolute atomic E-state index is 0.0104. The number of aromatic carboxylic acids is 1. The molecule has 0 bridgehead atoms. The molecule has 0 atom stereocenters. The molecule has 6 nitrogen and oxygen atoms in total. The highest BCUT2D eigenvalue weighted by atomic mass is 32.2. The van der Waals surface area contributed by atoms with Crippen LogP contribution in [0.4, 0.5) is 0 Å². The largest absolute Gasteiger partial charge is 0.477 e. The molecule has 0 amide bonds. The van der Waals surface area contributed by atoms with Crippen molar-refractivity contribution in [2.75, 3.05) is 12.0 Å². The summed E-state index contributed by atoms with van der Waals surface area (Å²) in [6, 6.07) is 1.57. The molecule has 18 heavy (non-hydrogen) atoms. The van der Waals surface area contributed by atoms with Gasteiger partial charge in [-0.2, -0.15) is 5.10 Å². The molecule has 0 aliphatic carbocycles. The van der Waals surface area contributed by atoms with Gasteiger partial charge in [0.05, 0.1) is 18.0 Å². The van der Waals surface area contributed by atoms with E-state index in [-0.39, 0.29) is 17.2 Å². The minimum atomic E-state index is -3.06. The molecule has 0 fully saturated rings. The maximum atomic E-state index is 11.1. The van der Waals surface area contributed by atoms with Crippen LogP contribution in [0.3, 0.4) is 0 Å². The molecule has 8 heteroatoms. The predicted octanol–water partition coefficient (Wildman–Crippen LogP) is 1.15. The Kier molecular flexibility index (Phi) is 3.16. The van der Waals surface area contributed by atoms with E-state index in [0.29, 0.717) is 10.5 Å². The molecule has 98 valence electrons. The van der Waals surface area contributed by atoms with E-state index in [1.54, 1.807) is 17.7 Å². The lowest BCUT2D eigenvalue weighted by Crippen LogP contribution is -2.11. The van der Waals surface area contributed by atoms with Gasteiger partial charge in [0.15, 0.2) is 0 Å². The van der Waals surface area contributed by atoms with Crippen LogP contribution in [-0.4, -0.2) is 41.3 Å². The molecule has 0 saturated carbocycles. The van der Waals surface area contributed by atoms with E-state index in [1.807, 2.05) is 0 Å². The zero-order valence-corrected chi connectivity index (χ0v) is 11.5. The molecular formula is C10H12N2O4S2. The first kappa shape index (κ1) is 13.0. The van der Waals surface area contributed by atoms with Crippen molar-refractivity contribution in [1.29, 1.82) is 0 Å². The number of hydrogen-bond donors (Lipinski definition) is 1. The Bertz CT molecular complexity index is 712. The Balaban J connectivity index is 2.42. The van der Waals surface area contributed by atoms with Crippen LogP contribution in [0.15, 0.2) is 6.07 Å². The fourth-order valence-electron chi connectivity index (χ4n) is 1.62. The zero-order chi connectivity index (χ0) is 13.5. The van der Waals surface area contributed by atoms with Gasteiger partial charge in [0.1, 0.15) is 19.5 Å². The summed E-state index contributed by atoms with van der Waals surface area (Å²) in [4.78, 5) is 11.8. The molecule has 2 aromatic rings. The second-order valence-corrected chi connectivity index (χ2v) is 7.36. The van der Waals surface area contributed by atoms with Gasteiger partial charge in [0.2, 0.25) is 0 Å². The standard InChI is InChI=1S/C10H12N2O4S2/c1-6-7-5-8(10(13)14)17-9(7)12(11-6)3-4-18(2,15)16/h5H,3-4H2,1-2H3,(H,13,14). The average molecular weight is 288 g/mol. The number of carboxylic acid groups (broad SMARTS) is 1. The van der Waals surface area contributed by atoms with Gasteiger partial charge < -0.3 is 5.11 Å². The molecule has 1 N–H and O–H groups in total. The van der Waals surface area contributed by atoms with Gasteiger partial charge in [0.25, 0.3) is 0 Å². The number of carbonyl (C=O) groups is 1. The summed E-state index contributed by atoms with van der Waals surface area (Å²) in [5.74, 6) is -0.992. The van der Waals surface area contributed by atoms with Crippen molar-refractivity contribution in [3.8, 4) is 0 Å². The van der Waals surface area contributed by atoms with Crippen molar-refractivity contribution >= 4 is 37.4 Å². The highest BCUT2D eigenvalue weighted by Crippen LogP contribution is 2.28. The highest BCUT2D eigenvalue weighted by Gasteiger charge is 2.16. The van der Waals surface area contributed by atoms with Crippen molar-refractivity contribution in [2.45, 2.75) is 13.5 Å².